The lowest BCUT2D eigenvalue weighted by Gasteiger charge is -2.46. The van der Waals surface area contributed by atoms with Crippen LogP contribution in [-0.4, -0.2) is 128 Å². The Labute approximate surface area is 271 Å². The highest BCUT2D eigenvalue weighted by molar-refractivity contribution is 6.05. The number of nitrogens with two attached hydrogens (primary N) is 1. The normalized spacial score (nSPS) is 23.4. The average molecular weight is 634 g/mol. The van der Waals surface area contributed by atoms with Gasteiger partial charge >= 0.3 is 0 Å². The number of piperidine rings is 2. The number of nitrogens with one attached hydrogen (secondary N) is 2. The number of amides is 2. The predicted molar refractivity (Wildman–Crippen MR) is 177 cm³/mol. The summed E-state index contributed by atoms with van der Waals surface area (Å²) in [7, 11) is 1.50. The van der Waals surface area contributed by atoms with Crippen molar-refractivity contribution in [3.63, 3.8) is 0 Å². The molecule has 5 fully saturated rings. The molecule has 1 aliphatic carbocycles. The first kappa shape index (κ1) is 33.8. The molecule has 2 aromatic rings. The Morgan fingerprint density at radius 2 is 1.63 bits per heavy atom. The predicted octanol–water partition coefficient (Wildman–Crippen LogP) is 2.11. The van der Waals surface area contributed by atoms with Crippen molar-refractivity contribution in [1.29, 1.82) is 5.41 Å². The first-order valence-electron chi connectivity index (χ1n) is 16.6. The maximum absolute atomic E-state index is 14.8. The van der Waals surface area contributed by atoms with Crippen molar-refractivity contribution in [1.82, 2.24) is 24.9 Å². The van der Waals surface area contributed by atoms with Crippen LogP contribution >= 0.6 is 0 Å². The Hall–Kier alpha value is -3.51. The van der Waals surface area contributed by atoms with Crippen LogP contribution in [0, 0.1) is 23.1 Å². The molecule has 0 spiro atoms. The van der Waals surface area contributed by atoms with Gasteiger partial charge in [-0.15, -0.1) is 0 Å². The number of piperazine rings is 2. The van der Waals surface area contributed by atoms with Crippen LogP contribution in [0.2, 0.25) is 0 Å². The summed E-state index contributed by atoms with van der Waals surface area (Å²) in [6, 6.07) is 11.9. The number of hydrogen-bond acceptors (Lipinski definition) is 8. The molecule has 2 aromatic carbocycles. The fourth-order valence-corrected chi connectivity index (χ4v) is 7.42. The van der Waals surface area contributed by atoms with Crippen molar-refractivity contribution in [3.05, 3.63) is 70.5 Å². The van der Waals surface area contributed by atoms with Crippen LogP contribution in [0.1, 0.15) is 51.1 Å². The van der Waals surface area contributed by atoms with E-state index < -0.39 is 11.7 Å². The van der Waals surface area contributed by atoms with E-state index in [1.54, 1.807) is 35.2 Å². The van der Waals surface area contributed by atoms with Gasteiger partial charge in [0.05, 0.1) is 12.1 Å². The first-order valence-corrected chi connectivity index (χ1v) is 16.6. The minimum absolute atomic E-state index is 0.0334. The number of benzene rings is 2. The zero-order valence-corrected chi connectivity index (χ0v) is 26.9. The highest BCUT2D eigenvalue weighted by Crippen LogP contribution is 2.35. The summed E-state index contributed by atoms with van der Waals surface area (Å²) in [6.45, 7) is 8.12. The van der Waals surface area contributed by atoms with Crippen molar-refractivity contribution >= 4 is 23.8 Å². The van der Waals surface area contributed by atoms with Crippen LogP contribution in [0.25, 0.3) is 0 Å². The molecule has 5 aliphatic rings. The largest absolute Gasteiger partial charge is 0.338 e. The number of rotatable bonds is 9. The Kier molecular flexibility index (Phi) is 11.7. The molecular weight excluding hydrogens is 585 g/mol. The van der Waals surface area contributed by atoms with Gasteiger partial charge in [0.2, 0.25) is 5.91 Å². The maximum atomic E-state index is 14.8. The van der Waals surface area contributed by atoms with E-state index in [1.807, 2.05) is 4.90 Å². The van der Waals surface area contributed by atoms with Crippen LogP contribution in [0.15, 0.2) is 42.5 Å². The monoisotopic (exact) mass is 633 g/mol. The lowest BCUT2D eigenvalue weighted by molar-refractivity contribution is -0.134. The van der Waals surface area contributed by atoms with Crippen LogP contribution in [0.3, 0.4) is 0 Å². The molecule has 4 saturated heterocycles. The molecule has 3 atom stereocenters. The van der Waals surface area contributed by atoms with Crippen molar-refractivity contribution in [2.24, 2.45) is 17.6 Å². The van der Waals surface area contributed by atoms with Gasteiger partial charge < -0.3 is 31.2 Å². The Morgan fingerprint density at radius 1 is 0.935 bits per heavy atom. The summed E-state index contributed by atoms with van der Waals surface area (Å²) in [5.41, 5.74) is 6.25. The highest BCUT2D eigenvalue weighted by Gasteiger charge is 2.36. The third-order valence-electron chi connectivity index (χ3n) is 10.1. The third kappa shape index (κ3) is 8.06. The highest BCUT2D eigenvalue weighted by atomic mass is 19.1. The van der Waals surface area contributed by atoms with Gasteiger partial charge in [-0.05, 0) is 62.4 Å². The van der Waals surface area contributed by atoms with Crippen molar-refractivity contribution < 1.29 is 18.8 Å². The standard InChI is InChI=1S/C34H43FN6O3.CH5N/c35-31-8-5-24(18-32(36)29-4-2-1-3-26(29)23-42)17-30(31)34(44)41-15-13-40(14-16-41)33(43)22-39-11-9-38(10-12-39)21-27-19-28-7-6-25(27)20-37-28;1-2/h1-5,8,17,23,25,27-28,36-37H,6-7,9-16,18-22H2;2H2,1H3. The van der Waals surface area contributed by atoms with Gasteiger partial charge in [0, 0.05) is 88.2 Å². The molecule has 7 rings (SSSR count). The van der Waals surface area contributed by atoms with E-state index >= 15 is 0 Å². The first-order chi connectivity index (χ1) is 22.4. The number of nitrogens with zero attached hydrogens (tertiary/aromatic N) is 4. The summed E-state index contributed by atoms with van der Waals surface area (Å²) < 4.78 is 14.8. The average Bonchev–Trinajstić information content (AvgIpc) is 3.11. The van der Waals surface area contributed by atoms with E-state index in [0.717, 1.165) is 38.0 Å². The zero-order chi connectivity index (χ0) is 32.6. The molecule has 46 heavy (non-hydrogen) atoms. The van der Waals surface area contributed by atoms with Crippen LogP contribution in [-0.2, 0) is 11.2 Å². The molecule has 4 N–H and O–H groups in total. The Balaban J connectivity index is 0.00000204. The third-order valence-corrected chi connectivity index (χ3v) is 10.1. The van der Waals surface area contributed by atoms with Gasteiger partial charge in [-0.1, -0.05) is 30.3 Å². The van der Waals surface area contributed by atoms with E-state index in [4.69, 9.17) is 5.41 Å². The second kappa shape index (κ2) is 15.9. The van der Waals surface area contributed by atoms with Gasteiger partial charge in [-0.2, -0.15) is 0 Å². The molecule has 3 unspecified atom stereocenters. The summed E-state index contributed by atoms with van der Waals surface area (Å²) in [5.74, 6) is 0.692. The molecule has 4 heterocycles. The lowest BCUT2D eigenvalue weighted by Crippen LogP contribution is -2.56. The maximum Gasteiger partial charge on any atom is 0.256 e. The van der Waals surface area contributed by atoms with E-state index in [-0.39, 0.29) is 23.6 Å². The zero-order valence-electron chi connectivity index (χ0n) is 26.9. The van der Waals surface area contributed by atoms with Gasteiger partial charge in [0.1, 0.15) is 5.82 Å². The van der Waals surface area contributed by atoms with E-state index in [1.165, 1.54) is 51.5 Å². The Morgan fingerprint density at radius 3 is 2.28 bits per heavy atom. The summed E-state index contributed by atoms with van der Waals surface area (Å²) >= 11 is 0. The molecule has 10 nitrogen and oxygen atoms in total. The summed E-state index contributed by atoms with van der Waals surface area (Å²) in [5, 5.41) is 12.1. The van der Waals surface area contributed by atoms with E-state index in [0.29, 0.717) is 61.7 Å². The van der Waals surface area contributed by atoms with Gasteiger partial charge in [0.15, 0.2) is 6.29 Å². The molecular formula is C35H48FN7O3. The molecule has 2 bridgehead atoms. The minimum Gasteiger partial charge on any atom is -0.338 e. The minimum atomic E-state index is -0.608. The molecule has 1 saturated carbocycles. The van der Waals surface area contributed by atoms with Crippen molar-refractivity contribution in [2.75, 3.05) is 79.0 Å². The topological polar surface area (TPSA) is 126 Å². The van der Waals surface area contributed by atoms with Crippen LogP contribution < -0.4 is 11.1 Å². The van der Waals surface area contributed by atoms with Crippen molar-refractivity contribution in [2.45, 2.75) is 31.7 Å². The van der Waals surface area contributed by atoms with Gasteiger partial charge in [0.25, 0.3) is 5.91 Å². The number of aldehydes is 1. The second-order valence-corrected chi connectivity index (χ2v) is 12.9. The van der Waals surface area contributed by atoms with E-state index in [9.17, 15) is 18.8 Å². The number of fused-ring (bicyclic) bond motifs is 3. The fraction of sp³-hybridized carbons (Fsp3) is 0.543. The lowest BCUT2D eigenvalue weighted by atomic mass is 9.73. The molecule has 248 valence electrons. The van der Waals surface area contributed by atoms with Crippen LogP contribution in [0.5, 0.6) is 0 Å². The summed E-state index contributed by atoms with van der Waals surface area (Å²) in [4.78, 5) is 46.1. The number of carbonyl (C=O) groups excluding carboxylic acids is 3. The Bertz CT molecular complexity index is 1380. The summed E-state index contributed by atoms with van der Waals surface area (Å²) in [6.07, 6.45) is 4.88. The van der Waals surface area contributed by atoms with Crippen LogP contribution in [0.4, 0.5) is 4.39 Å². The second-order valence-electron chi connectivity index (χ2n) is 12.9. The quantitative estimate of drug-likeness (QED) is 0.285. The molecule has 4 aliphatic heterocycles. The molecule has 0 aromatic heterocycles. The van der Waals surface area contributed by atoms with Gasteiger partial charge in [-0.3, -0.25) is 19.3 Å². The van der Waals surface area contributed by atoms with E-state index in [2.05, 4.69) is 20.9 Å². The number of halogens is 1. The smallest absolute Gasteiger partial charge is 0.256 e. The number of carbonyl (C=O) groups is 3. The molecule has 2 amide bonds. The molecule has 11 heteroatoms. The fourth-order valence-electron chi connectivity index (χ4n) is 7.42. The van der Waals surface area contributed by atoms with Gasteiger partial charge in [-0.25, -0.2) is 4.39 Å². The SMILES string of the molecule is CN.N=C(Cc1ccc(F)c(C(=O)N2CCN(C(=O)CN3CCN(CC4CC5CCC4CN5)CC3)CC2)c1)c1ccccc1C=O. The molecule has 0 radical (unpaired) electrons. The van der Waals surface area contributed by atoms with Crippen molar-refractivity contribution in [3.8, 4) is 0 Å². The number of hydrogen-bond donors (Lipinski definition) is 3.